The van der Waals surface area contributed by atoms with Gasteiger partial charge in [0.15, 0.2) is 0 Å². The van der Waals surface area contributed by atoms with Crippen molar-refractivity contribution in [3.63, 3.8) is 0 Å². The predicted octanol–water partition coefficient (Wildman–Crippen LogP) is 0.629. The van der Waals surface area contributed by atoms with Gasteiger partial charge in [-0.1, -0.05) is 7.43 Å². The Bertz CT molecular complexity index is 8.00. The molecule has 2 radical (unpaired) electrons. The summed E-state index contributed by atoms with van der Waals surface area (Å²) in [6, 6.07) is 0. The molecule has 0 aromatic carbocycles. The van der Waals surface area contributed by atoms with Gasteiger partial charge in [-0.3, -0.25) is 0 Å². The summed E-state index contributed by atoms with van der Waals surface area (Å²) in [7, 11) is 0. The van der Waals surface area contributed by atoms with Gasteiger partial charge in [0.1, 0.15) is 0 Å². The molecule has 4 heavy (non-hydrogen) atoms. The summed E-state index contributed by atoms with van der Waals surface area (Å²) in [5, 5.41) is 0. The zero-order valence-corrected chi connectivity index (χ0v) is 6.37. The van der Waals surface area contributed by atoms with E-state index in [2.05, 4.69) is 0 Å². The average molecular weight is 371 g/mol. The van der Waals surface area contributed by atoms with Gasteiger partial charge in [0.2, 0.25) is 0 Å². The predicted molar refractivity (Wildman–Crippen MR) is 6.73 cm³/mol. The van der Waals surface area contributed by atoms with E-state index in [4.69, 9.17) is 0 Å². The first-order chi connectivity index (χ1) is 0. The maximum atomic E-state index is 0. The van der Waals surface area contributed by atoms with Crippen molar-refractivity contribution in [3.8, 4) is 0 Å². The molecule has 36 valence electrons. The van der Waals surface area contributed by atoms with Gasteiger partial charge in [0.05, 0.1) is 0 Å². The molecule has 0 fully saturated rings. The largest absolute Gasteiger partial charge is 0.0776 e. The Labute approximate surface area is 67.4 Å². The van der Waals surface area contributed by atoms with Crippen LogP contribution in [0.3, 0.4) is 0 Å². The maximum Gasteiger partial charge on any atom is 0 e. The molecule has 0 N–H and O–H groups in total. The van der Waals surface area contributed by atoms with Crippen LogP contribution in [0.4, 0.5) is 0 Å². The minimum absolute atomic E-state index is 0. The van der Waals surface area contributed by atoms with E-state index in [1.165, 1.54) is 0 Å². The Morgan fingerprint density at radius 2 is 1.00 bits per heavy atom. The van der Waals surface area contributed by atoms with Crippen LogP contribution in [0.1, 0.15) is 7.43 Å². The minimum atomic E-state index is 0. The SMILES string of the molecule is C.[Ag].[Cu].[W]. The number of hydrogen-bond donors (Lipinski definition) is 0. The summed E-state index contributed by atoms with van der Waals surface area (Å²) in [5.41, 5.74) is 0. The molecule has 0 heterocycles. The van der Waals surface area contributed by atoms with E-state index in [-0.39, 0.29) is 67.9 Å². The normalized spacial score (nSPS) is 0. The second kappa shape index (κ2) is 20.3. The van der Waals surface area contributed by atoms with Gasteiger partial charge >= 0.3 is 0 Å². The molecule has 0 spiro atoms. The molecule has 0 aromatic heterocycles. The molecule has 0 aliphatic carbocycles. The van der Waals surface area contributed by atoms with Gasteiger partial charge in [-0.2, -0.15) is 0 Å². The van der Waals surface area contributed by atoms with Crippen molar-refractivity contribution in [2.45, 2.75) is 7.43 Å². The van der Waals surface area contributed by atoms with Crippen LogP contribution in [0.15, 0.2) is 0 Å². The molecule has 0 aromatic rings. The molecule has 0 rings (SSSR count). The van der Waals surface area contributed by atoms with Gasteiger partial charge in [0, 0.05) is 60.5 Å². The van der Waals surface area contributed by atoms with E-state index >= 15 is 0 Å². The van der Waals surface area contributed by atoms with E-state index in [1.54, 1.807) is 0 Å². The van der Waals surface area contributed by atoms with Crippen molar-refractivity contribution in [1.82, 2.24) is 0 Å². The second-order valence-corrected chi connectivity index (χ2v) is 0. The van der Waals surface area contributed by atoms with E-state index in [0.29, 0.717) is 0 Å². The van der Waals surface area contributed by atoms with Gasteiger partial charge in [-0.25, -0.2) is 0 Å². The topological polar surface area (TPSA) is 0 Å². The third-order valence-corrected chi connectivity index (χ3v) is 0. The fourth-order valence-corrected chi connectivity index (χ4v) is 0. The minimum Gasteiger partial charge on any atom is -0.0776 e. The molecule has 3 heteroatoms. The molecule has 0 saturated carbocycles. The average Bonchev–Trinajstić information content (AvgIpc) is 0. The van der Waals surface area contributed by atoms with Crippen LogP contribution in [0, 0.1) is 0 Å². The smallest absolute Gasteiger partial charge is 0 e. The van der Waals surface area contributed by atoms with Crippen LogP contribution in [-0.4, -0.2) is 0 Å². The van der Waals surface area contributed by atoms with Crippen LogP contribution in [-0.2, 0) is 60.5 Å². The molecule has 0 saturated heterocycles. The molecule has 0 unspecified atom stereocenters. The van der Waals surface area contributed by atoms with Crippen LogP contribution < -0.4 is 0 Å². The summed E-state index contributed by atoms with van der Waals surface area (Å²) in [6.07, 6.45) is 0. The monoisotopic (exact) mass is 370 g/mol. The fourth-order valence-electron chi connectivity index (χ4n) is 0. The summed E-state index contributed by atoms with van der Waals surface area (Å²) < 4.78 is 0. The molecule has 0 amide bonds. The van der Waals surface area contributed by atoms with E-state index in [1.807, 2.05) is 0 Å². The van der Waals surface area contributed by atoms with E-state index in [0.717, 1.165) is 0 Å². The molecule has 0 aliphatic rings. The van der Waals surface area contributed by atoms with Crippen molar-refractivity contribution in [3.05, 3.63) is 0 Å². The summed E-state index contributed by atoms with van der Waals surface area (Å²) in [4.78, 5) is 0. The van der Waals surface area contributed by atoms with Gasteiger partial charge in [-0.15, -0.1) is 0 Å². The first kappa shape index (κ1) is 38.4. The Morgan fingerprint density at radius 1 is 1.00 bits per heavy atom. The van der Waals surface area contributed by atoms with Crippen molar-refractivity contribution < 1.29 is 60.5 Å². The Balaban J connectivity index is 0. The number of hydrogen-bond acceptors (Lipinski definition) is 0. The Hall–Kier alpha value is 1.95. The molecule has 0 atom stereocenters. The standard InChI is InChI=1S/CH4.Ag.Cu.W/h1H4;;;. The number of rotatable bonds is 0. The van der Waals surface area contributed by atoms with Crippen LogP contribution in [0.5, 0.6) is 0 Å². The van der Waals surface area contributed by atoms with Crippen LogP contribution in [0.2, 0.25) is 0 Å². The Morgan fingerprint density at radius 3 is 1.00 bits per heavy atom. The molecular weight excluding hydrogens is 367 g/mol. The fraction of sp³-hybridized carbons (Fsp3) is 1.00. The Kier molecular flexibility index (Phi) is 195. The van der Waals surface area contributed by atoms with Gasteiger partial charge in [0.25, 0.3) is 0 Å². The summed E-state index contributed by atoms with van der Waals surface area (Å²) in [5.74, 6) is 0. The maximum absolute atomic E-state index is 0. The third kappa shape index (κ3) is 9.04. The molecule has 0 bridgehead atoms. The summed E-state index contributed by atoms with van der Waals surface area (Å²) in [6.45, 7) is 0. The molecular formula is CH4AgCuW. The van der Waals surface area contributed by atoms with Crippen LogP contribution in [0.25, 0.3) is 0 Å². The van der Waals surface area contributed by atoms with Crippen molar-refractivity contribution in [1.29, 1.82) is 0 Å². The van der Waals surface area contributed by atoms with Crippen molar-refractivity contribution in [2.24, 2.45) is 0 Å². The first-order valence-corrected chi connectivity index (χ1v) is 0. The first-order valence-electron chi connectivity index (χ1n) is 0. The van der Waals surface area contributed by atoms with E-state index in [9.17, 15) is 0 Å². The second-order valence-electron chi connectivity index (χ2n) is 0. The molecule has 0 aliphatic heterocycles. The molecule has 0 nitrogen and oxygen atoms in total. The van der Waals surface area contributed by atoms with Crippen molar-refractivity contribution in [2.75, 3.05) is 0 Å². The van der Waals surface area contributed by atoms with Gasteiger partial charge in [-0.05, 0) is 0 Å². The third-order valence-electron chi connectivity index (χ3n) is 0. The quantitative estimate of drug-likeness (QED) is 0.548. The van der Waals surface area contributed by atoms with Gasteiger partial charge < -0.3 is 0 Å². The van der Waals surface area contributed by atoms with Crippen molar-refractivity contribution >= 4 is 0 Å². The summed E-state index contributed by atoms with van der Waals surface area (Å²) >= 11 is 0. The van der Waals surface area contributed by atoms with E-state index < -0.39 is 0 Å². The zero-order valence-electron chi connectivity index (χ0n) is 1.01. The van der Waals surface area contributed by atoms with Crippen LogP contribution >= 0.6 is 0 Å². The zero-order chi connectivity index (χ0) is 0.